The Labute approximate surface area is 317 Å². The second kappa shape index (κ2) is 16.7. The Morgan fingerprint density at radius 2 is 1.05 bits per heavy atom. The van der Waals surface area contributed by atoms with Gasteiger partial charge in [-0.1, -0.05) is 16.4 Å². The van der Waals surface area contributed by atoms with Crippen molar-refractivity contribution in [3.8, 4) is 23.0 Å². The average molecular weight is 775 g/mol. The third-order valence-electron chi connectivity index (χ3n) is 9.93. The normalized spacial score (nSPS) is 15.2. The molecule has 0 unspecified atom stereocenters. The highest BCUT2D eigenvalue weighted by atomic mass is 19.2. The molecule has 292 valence electrons. The molecule has 0 amide bonds. The first-order chi connectivity index (χ1) is 27.0. The third-order valence-corrected chi connectivity index (χ3v) is 9.93. The number of benzene rings is 2. The number of hydrogen-bond acceptors (Lipinski definition) is 12. The van der Waals surface area contributed by atoms with Gasteiger partial charge < -0.3 is 18.8 Å². The number of rotatable bonds is 8. The molecule has 0 aliphatic carbocycles. The van der Waals surface area contributed by atoms with Crippen molar-refractivity contribution in [3.63, 3.8) is 0 Å². The summed E-state index contributed by atoms with van der Waals surface area (Å²) < 4.78 is 66.3. The van der Waals surface area contributed by atoms with E-state index in [1.54, 1.807) is 32.3 Å². The van der Waals surface area contributed by atoms with Gasteiger partial charge in [0, 0.05) is 58.5 Å². The molecule has 56 heavy (non-hydrogen) atoms. The number of piperidine rings is 2. The summed E-state index contributed by atoms with van der Waals surface area (Å²) in [6.45, 7) is 2.89. The average Bonchev–Trinajstić information content (AvgIpc) is 3.88. The fourth-order valence-corrected chi connectivity index (χ4v) is 6.86. The quantitative estimate of drug-likeness (QED) is 0.188. The summed E-state index contributed by atoms with van der Waals surface area (Å²) in [5.41, 5.74) is 1.98. The van der Waals surface area contributed by atoms with Gasteiger partial charge in [0.05, 0.1) is 0 Å². The minimum atomic E-state index is -0.821. The highest BCUT2D eigenvalue weighted by Gasteiger charge is 2.26. The van der Waals surface area contributed by atoms with Crippen molar-refractivity contribution in [2.45, 2.75) is 38.5 Å². The smallest absolute Gasteiger partial charge is 0.324 e. The molecule has 0 spiro atoms. The van der Waals surface area contributed by atoms with Gasteiger partial charge in [-0.25, -0.2) is 26.9 Å². The van der Waals surface area contributed by atoms with E-state index in [0.29, 0.717) is 78.4 Å². The zero-order valence-electron chi connectivity index (χ0n) is 30.6. The predicted molar refractivity (Wildman–Crippen MR) is 196 cm³/mol. The number of hydrogen-bond donors (Lipinski definition) is 0. The first kappa shape index (κ1) is 38.1. The Balaban J connectivity index is 0.000000172. The summed E-state index contributed by atoms with van der Waals surface area (Å²) in [6, 6.07) is 14.5. The second-order valence-electron chi connectivity index (χ2n) is 14.0. The monoisotopic (exact) mass is 774 g/mol. The molecule has 2 saturated heterocycles. The molecule has 4 aromatic heterocycles. The van der Waals surface area contributed by atoms with Crippen LogP contribution >= 0.6 is 0 Å². The summed E-state index contributed by atoms with van der Waals surface area (Å²) >= 11 is 0. The van der Waals surface area contributed by atoms with Crippen molar-refractivity contribution in [1.29, 1.82) is 0 Å². The molecule has 6 heterocycles. The molecule has 2 aliphatic rings. The van der Waals surface area contributed by atoms with Crippen molar-refractivity contribution in [1.82, 2.24) is 39.8 Å². The van der Waals surface area contributed by atoms with Crippen LogP contribution < -0.4 is 20.9 Å². The lowest BCUT2D eigenvalue weighted by molar-refractivity contribution is 0.361. The molecular weight excluding hydrogens is 736 g/mol. The molecule has 18 heteroatoms. The second-order valence-corrected chi connectivity index (χ2v) is 14.0. The third kappa shape index (κ3) is 9.18. The molecule has 0 saturated carbocycles. The Morgan fingerprint density at radius 1 is 0.589 bits per heavy atom. The van der Waals surface area contributed by atoms with E-state index in [1.165, 1.54) is 45.8 Å². The van der Waals surface area contributed by atoms with Crippen molar-refractivity contribution < 1.29 is 26.6 Å². The Hall–Kier alpha value is -6.20. The molecule has 2 aromatic carbocycles. The van der Waals surface area contributed by atoms with Crippen LogP contribution in [0.15, 0.2) is 79.3 Å². The van der Waals surface area contributed by atoms with Gasteiger partial charge in [-0.2, -0.15) is 20.2 Å². The number of anilines is 2. The molecule has 2 aliphatic heterocycles. The zero-order chi connectivity index (χ0) is 39.3. The van der Waals surface area contributed by atoms with Crippen molar-refractivity contribution >= 4 is 12.0 Å². The first-order valence-corrected chi connectivity index (χ1v) is 18.1. The van der Waals surface area contributed by atoms with Crippen LogP contribution in [0.2, 0.25) is 0 Å². The number of nitrogens with zero attached hydrogens (tertiary/aromatic N) is 10. The van der Waals surface area contributed by atoms with Crippen molar-refractivity contribution in [2.75, 3.05) is 36.0 Å². The molecule has 8 rings (SSSR count). The summed E-state index contributed by atoms with van der Waals surface area (Å²) in [7, 11) is 3.12. The van der Waals surface area contributed by atoms with E-state index in [0.717, 1.165) is 50.4 Å². The van der Waals surface area contributed by atoms with Gasteiger partial charge in [0.2, 0.25) is 11.6 Å². The fraction of sp³-hybridized carbons (Fsp3) is 0.368. The molecular formula is C38H38F4N10O4. The van der Waals surface area contributed by atoms with E-state index >= 15 is 0 Å². The maximum absolute atomic E-state index is 13.4. The molecule has 0 N–H and O–H groups in total. The minimum Gasteiger partial charge on any atom is -0.324 e. The lowest BCUT2D eigenvalue weighted by atomic mass is 9.90. The van der Waals surface area contributed by atoms with Crippen LogP contribution in [0.1, 0.15) is 36.8 Å². The van der Waals surface area contributed by atoms with Crippen LogP contribution in [0.5, 0.6) is 0 Å². The molecule has 6 aromatic rings. The Morgan fingerprint density at radius 3 is 1.50 bits per heavy atom. The summed E-state index contributed by atoms with van der Waals surface area (Å²) in [5, 5.41) is 16.1. The topological polar surface area (TPSA) is 154 Å². The van der Waals surface area contributed by atoms with Crippen LogP contribution in [-0.2, 0) is 26.9 Å². The van der Waals surface area contributed by atoms with Gasteiger partial charge in [-0.3, -0.25) is 9.59 Å². The van der Waals surface area contributed by atoms with Crippen molar-refractivity contribution in [2.24, 2.45) is 25.9 Å². The molecule has 2 fully saturated rings. The maximum Gasteiger partial charge on any atom is 0.324 e. The van der Waals surface area contributed by atoms with Gasteiger partial charge in [0.25, 0.3) is 11.1 Å². The summed E-state index contributed by atoms with van der Waals surface area (Å²) in [6.07, 6.45) is 4.83. The minimum absolute atomic E-state index is 0.212. The SMILES string of the molecule is Cn1nc(-c2noc(N3CCC(Cc4cc(F)cc(F)c4)CC3)n2)ccc1=O.Cn1nc(-c2noc(N3CCC(Cc4ccc(F)c(F)c4)CC3)n2)ccc1=O. The molecule has 0 atom stereocenters. The lowest BCUT2D eigenvalue weighted by Crippen LogP contribution is -2.34. The summed E-state index contributed by atoms with van der Waals surface area (Å²) in [5.74, 6) is -1.34. The lowest BCUT2D eigenvalue weighted by Gasteiger charge is -2.30. The highest BCUT2D eigenvalue weighted by Crippen LogP contribution is 2.28. The number of aromatic nitrogens is 8. The number of halogens is 4. The van der Waals surface area contributed by atoms with Gasteiger partial charge in [0.15, 0.2) is 11.6 Å². The molecule has 14 nitrogen and oxygen atoms in total. The van der Waals surface area contributed by atoms with Crippen LogP contribution in [0.3, 0.4) is 0 Å². The largest absolute Gasteiger partial charge is 0.324 e. The predicted octanol–water partition coefficient (Wildman–Crippen LogP) is 5.14. The van der Waals surface area contributed by atoms with Gasteiger partial charge >= 0.3 is 12.0 Å². The van der Waals surface area contributed by atoms with E-state index in [9.17, 15) is 27.2 Å². The van der Waals surface area contributed by atoms with Gasteiger partial charge in [-0.15, -0.1) is 0 Å². The standard InChI is InChI=1S/2C19H19F2N5O2/c1-25-17(27)3-2-16(23-25)18-22-19(28-24-18)26-6-4-12(5-7-26)8-13-9-14(20)11-15(21)10-13;1-25-17(27)5-4-16(23-25)18-22-19(28-24-18)26-8-6-12(7-9-26)10-13-2-3-14(20)15(21)11-13/h2-3,9-12H,4-8H2,1H3;2-5,11-12H,6-10H2,1H3. The van der Waals surface area contributed by atoms with E-state index in [4.69, 9.17) is 9.05 Å². The van der Waals surface area contributed by atoms with Crippen LogP contribution in [-0.4, -0.2) is 66.0 Å². The van der Waals surface area contributed by atoms with Crippen LogP contribution in [0.4, 0.5) is 29.6 Å². The van der Waals surface area contributed by atoms with Gasteiger partial charge in [0.1, 0.15) is 23.0 Å². The van der Waals surface area contributed by atoms with Gasteiger partial charge in [-0.05, 0) is 97.9 Å². The Kier molecular flexibility index (Phi) is 11.3. The first-order valence-electron chi connectivity index (χ1n) is 18.1. The Bertz CT molecular complexity index is 2400. The number of aryl methyl sites for hydroxylation is 2. The van der Waals surface area contributed by atoms with Crippen molar-refractivity contribution in [3.05, 3.63) is 116 Å². The van der Waals surface area contributed by atoms with Crippen LogP contribution in [0, 0.1) is 35.1 Å². The highest BCUT2D eigenvalue weighted by molar-refractivity contribution is 5.50. The van der Waals surface area contributed by atoms with Crippen LogP contribution in [0.25, 0.3) is 23.0 Å². The van der Waals surface area contributed by atoms with E-state index in [2.05, 4.69) is 30.5 Å². The summed E-state index contributed by atoms with van der Waals surface area (Å²) in [4.78, 5) is 35.6. The van der Waals surface area contributed by atoms with E-state index in [1.807, 2.05) is 9.80 Å². The fourth-order valence-electron chi connectivity index (χ4n) is 6.86. The van der Waals surface area contributed by atoms with E-state index in [-0.39, 0.29) is 11.1 Å². The molecule has 0 bridgehead atoms. The molecule has 0 radical (unpaired) electrons. The maximum atomic E-state index is 13.4. The zero-order valence-corrected chi connectivity index (χ0v) is 30.6. The van der Waals surface area contributed by atoms with E-state index < -0.39 is 23.3 Å².